The molecular weight excluding hydrogens is 288 g/mol. The number of hydrogen-bond donors (Lipinski definition) is 2. The fourth-order valence-corrected chi connectivity index (χ4v) is 3.20. The number of anilines is 1. The molecule has 1 aliphatic rings. The zero-order valence-electron chi connectivity index (χ0n) is 12.8. The van der Waals surface area contributed by atoms with Crippen LogP contribution in [0.3, 0.4) is 0 Å². The summed E-state index contributed by atoms with van der Waals surface area (Å²) < 4.78 is 5.05. The van der Waals surface area contributed by atoms with E-state index in [0.717, 1.165) is 35.8 Å². The molecule has 0 aliphatic carbocycles. The summed E-state index contributed by atoms with van der Waals surface area (Å²) in [5, 5.41) is 13.8. The molecule has 0 bridgehead atoms. The third-order valence-corrected chi connectivity index (χ3v) is 4.61. The summed E-state index contributed by atoms with van der Waals surface area (Å²) in [4.78, 5) is 2.30. The van der Waals surface area contributed by atoms with E-state index in [2.05, 4.69) is 23.2 Å². The van der Waals surface area contributed by atoms with E-state index < -0.39 is 0 Å². The Kier molecular flexibility index (Phi) is 6.30. The molecule has 1 aliphatic heterocycles. The van der Waals surface area contributed by atoms with Crippen molar-refractivity contribution >= 4 is 17.3 Å². The highest BCUT2D eigenvalue weighted by Crippen LogP contribution is 2.34. The first-order valence-corrected chi connectivity index (χ1v) is 7.91. The Labute approximate surface area is 132 Å². The second-order valence-corrected chi connectivity index (χ2v) is 6.02. The number of halogens is 1. The summed E-state index contributed by atoms with van der Waals surface area (Å²) in [6.45, 7) is 5.53. The van der Waals surface area contributed by atoms with E-state index in [0.29, 0.717) is 19.1 Å². The molecule has 2 N–H and O–H groups in total. The minimum atomic E-state index is 0.182. The predicted octanol–water partition coefficient (Wildman–Crippen LogP) is 2.28. The molecule has 0 aromatic heterocycles. The maximum Gasteiger partial charge on any atom is 0.0637 e. The van der Waals surface area contributed by atoms with Crippen LogP contribution in [-0.4, -0.2) is 44.6 Å². The molecule has 2 rings (SSSR count). The second kappa shape index (κ2) is 7.99. The Morgan fingerprint density at radius 2 is 2.29 bits per heavy atom. The number of hydrogen-bond acceptors (Lipinski definition) is 4. The third kappa shape index (κ3) is 3.89. The van der Waals surface area contributed by atoms with Crippen LogP contribution in [0, 0.1) is 5.92 Å². The predicted molar refractivity (Wildman–Crippen MR) is 87.0 cm³/mol. The van der Waals surface area contributed by atoms with Gasteiger partial charge >= 0.3 is 0 Å². The Morgan fingerprint density at radius 1 is 1.48 bits per heavy atom. The van der Waals surface area contributed by atoms with E-state index >= 15 is 0 Å². The van der Waals surface area contributed by atoms with Crippen LogP contribution in [0.4, 0.5) is 5.69 Å². The van der Waals surface area contributed by atoms with Crippen molar-refractivity contribution in [2.75, 3.05) is 38.3 Å². The van der Waals surface area contributed by atoms with Crippen molar-refractivity contribution < 1.29 is 9.84 Å². The highest BCUT2D eigenvalue weighted by molar-refractivity contribution is 6.31. The topological polar surface area (TPSA) is 44.7 Å². The van der Waals surface area contributed by atoms with Gasteiger partial charge in [0, 0.05) is 43.0 Å². The maximum absolute atomic E-state index is 9.67. The van der Waals surface area contributed by atoms with E-state index in [1.807, 2.05) is 12.1 Å². The van der Waals surface area contributed by atoms with Gasteiger partial charge in [0.1, 0.15) is 0 Å². The van der Waals surface area contributed by atoms with Gasteiger partial charge in [0.15, 0.2) is 0 Å². The Hall–Kier alpha value is -0.810. The molecule has 1 saturated heterocycles. The minimum absolute atomic E-state index is 0.182. The van der Waals surface area contributed by atoms with Crippen LogP contribution in [0.2, 0.25) is 5.02 Å². The normalized spacial score (nSPS) is 22.0. The lowest BCUT2D eigenvalue weighted by atomic mass is 10.0. The lowest BCUT2D eigenvalue weighted by Crippen LogP contribution is -2.36. The number of rotatable bonds is 7. The number of aliphatic hydroxyl groups excluding tert-OH is 1. The molecule has 0 spiro atoms. The number of nitrogens with one attached hydrogen (secondary N) is 1. The number of ether oxygens (including phenoxy) is 1. The van der Waals surface area contributed by atoms with Gasteiger partial charge < -0.3 is 20.1 Å². The molecule has 1 heterocycles. The molecule has 4 nitrogen and oxygen atoms in total. The van der Waals surface area contributed by atoms with Gasteiger partial charge in [-0.05, 0) is 24.5 Å². The summed E-state index contributed by atoms with van der Waals surface area (Å²) in [5.41, 5.74) is 2.23. The zero-order valence-corrected chi connectivity index (χ0v) is 13.6. The maximum atomic E-state index is 9.67. The smallest absolute Gasteiger partial charge is 0.0637 e. The van der Waals surface area contributed by atoms with Gasteiger partial charge in [-0.3, -0.25) is 0 Å². The van der Waals surface area contributed by atoms with Crippen molar-refractivity contribution in [3.63, 3.8) is 0 Å². The fourth-order valence-electron chi connectivity index (χ4n) is 2.96. The van der Waals surface area contributed by atoms with Gasteiger partial charge in [0.05, 0.1) is 19.3 Å². The largest absolute Gasteiger partial charge is 0.394 e. The highest BCUT2D eigenvalue weighted by atomic mass is 35.5. The number of nitrogens with zero attached hydrogens (tertiary/aromatic N) is 1. The van der Waals surface area contributed by atoms with Gasteiger partial charge in [0.25, 0.3) is 0 Å². The van der Waals surface area contributed by atoms with Crippen molar-refractivity contribution in [3.05, 3.63) is 28.8 Å². The molecule has 5 heteroatoms. The monoisotopic (exact) mass is 312 g/mol. The van der Waals surface area contributed by atoms with Gasteiger partial charge in [-0.2, -0.15) is 0 Å². The molecule has 1 aromatic rings. The van der Waals surface area contributed by atoms with E-state index in [4.69, 9.17) is 16.3 Å². The van der Waals surface area contributed by atoms with Crippen molar-refractivity contribution in [1.29, 1.82) is 0 Å². The van der Waals surface area contributed by atoms with E-state index in [-0.39, 0.29) is 12.6 Å². The quantitative estimate of drug-likeness (QED) is 0.758. The molecule has 1 aromatic carbocycles. The minimum Gasteiger partial charge on any atom is -0.394 e. The average molecular weight is 313 g/mol. The molecule has 2 atom stereocenters. The first-order valence-electron chi connectivity index (χ1n) is 7.53. The molecule has 1 fully saturated rings. The molecule has 118 valence electrons. The van der Waals surface area contributed by atoms with Gasteiger partial charge in [-0.25, -0.2) is 0 Å². The Balaban J connectivity index is 2.17. The third-order valence-electron chi connectivity index (χ3n) is 4.26. The van der Waals surface area contributed by atoms with Gasteiger partial charge in [0.2, 0.25) is 0 Å². The fraction of sp³-hybridized carbons (Fsp3) is 0.625. The van der Waals surface area contributed by atoms with Crippen LogP contribution in [0.5, 0.6) is 0 Å². The van der Waals surface area contributed by atoms with Crippen LogP contribution in [-0.2, 0) is 11.3 Å². The first kappa shape index (κ1) is 16.6. The molecule has 2 unspecified atom stereocenters. The van der Waals surface area contributed by atoms with Crippen molar-refractivity contribution in [3.8, 4) is 0 Å². The van der Waals surface area contributed by atoms with Crippen LogP contribution >= 0.6 is 11.6 Å². The van der Waals surface area contributed by atoms with Crippen molar-refractivity contribution in [1.82, 2.24) is 5.32 Å². The molecule has 0 amide bonds. The van der Waals surface area contributed by atoms with Gasteiger partial charge in [-0.1, -0.05) is 24.6 Å². The van der Waals surface area contributed by atoms with Crippen LogP contribution < -0.4 is 10.2 Å². The molecule has 0 radical (unpaired) electrons. The summed E-state index contributed by atoms with van der Waals surface area (Å²) in [7, 11) is 1.69. The lowest BCUT2D eigenvalue weighted by molar-refractivity contribution is 0.199. The number of aliphatic hydroxyl groups is 1. The van der Waals surface area contributed by atoms with Crippen LogP contribution in [0.25, 0.3) is 0 Å². The first-order chi connectivity index (χ1) is 10.2. The van der Waals surface area contributed by atoms with Gasteiger partial charge in [-0.15, -0.1) is 0 Å². The number of methoxy groups -OCH3 is 1. The lowest BCUT2D eigenvalue weighted by Gasteiger charge is -2.30. The van der Waals surface area contributed by atoms with Crippen LogP contribution in [0.1, 0.15) is 18.9 Å². The Bertz CT molecular complexity index is 456. The SMILES string of the molecule is COCCNCc1c(Cl)cccc1N1CCC(C)C1CO. The summed E-state index contributed by atoms with van der Waals surface area (Å²) in [5.74, 6) is 0.503. The highest BCUT2D eigenvalue weighted by Gasteiger charge is 2.31. The standard InChI is InChI=1S/C16H25ClN2O2/c1-12-6-8-19(16(12)11-20)15-5-3-4-14(17)13(15)10-18-7-9-21-2/h3-5,12,16,18,20H,6-11H2,1-2H3. The van der Waals surface area contributed by atoms with Crippen molar-refractivity contribution in [2.24, 2.45) is 5.92 Å². The average Bonchev–Trinajstić information content (AvgIpc) is 2.85. The van der Waals surface area contributed by atoms with Crippen molar-refractivity contribution in [2.45, 2.75) is 25.9 Å². The van der Waals surface area contributed by atoms with Crippen LogP contribution in [0.15, 0.2) is 18.2 Å². The van der Waals surface area contributed by atoms with E-state index in [1.54, 1.807) is 7.11 Å². The Morgan fingerprint density at radius 3 is 3.00 bits per heavy atom. The molecule has 21 heavy (non-hydrogen) atoms. The summed E-state index contributed by atoms with van der Waals surface area (Å²) in [6, 6.07) is 6.18. The number of benzene rings is 1. The van der Waals surface area contributed by atoms with E-state index in [1.165, 1.54) is 0 Å². The summed E-state index contributed by atoms with van der Waals surface area (Å²) >= 11 is 6.39. The second-order valence-electron chi connectivity index (χ2n) is 5.62. The van der Waals surface area contributed by atoms with E-state index in [9.17, 15) is 5.11 Å². The molecular formula is C16H25ClN2O2. The molecule has 0 saturated carbocycles. The zero-order chi connectivity index (χ0) is 15.2. The summed E-state index contributed by atoms with van der Waals surface area (Å²) in [6.07, 6.45) is 1.11.